The zero-order chi connectivity index (χ0) is 14.8. The molecule has 0 radical (unpaired) electrons. The molecule has 0 bridgehead atoms. The molecule has 0 aromatic heterocycles. The van der Waals surface area contributed by atoms with E-state index in [-0.39, 0.29) is 31.3 Å². The molecule has 1 N–H and O–H groups in total. The standard InChI is InChI=1S/C9H4Br2Cl2F3NOS/c10-4-1-3(19-9(14,15)16)2-5(11)6(4)17-8(18)7(12)13/h1-2,7H,(H,17,18). The summed E-state index contributed by atoms with van der Waals surface area (Å²) in [5.41, 5.74) is -4.14. The van der Waals surface area contributed by atoms with Crippen LogP contribution in [-0.4, -0.2) is 16.3 Å². The van der Waals surface area contributed by atoms with Crippen LogP contribution in [0, 0.1) is 0 Å². The Morgan fingerprint density at radius 1 is 1.26 bits per heavy atom. The SMILES string of the molecule is O=C(Nc1c(Br)cc(SC(F)(F)F)cc1Br)C(Cl)Cl. The Hall–Kier alpha value is 0.370. The molecule has 0 aliphatic rings. The van der Waals surface area contributed by atoms with Crippen molar-refractivity contribution in [2.24, 2.45) is 0 Å². The van der Waals surface area contributed by atoms with Crippen molar-refractivity contribution in [1.82, 2.24) is 0 Å². The fourth-order valence-electron chi connectivity index (χ4n) is 1.04. The fraction of sp³-hybridized carbons (Fsp3) is 0.222. The molecule has 0 aliphatic heterocycles. The number of hydrogen-bond acceptors (Lipinski definition) is 2. The van der Waals surface area contributed by atoms with Crippen LogP contribution in [0.5, 0.6) is 0 Å². The number of hydrogen-bond donors (Lipinski definition) is 1. The summed E-state index contributed by atoms with van der Waals surface area (Å²) in [5.74, 6) is -0.680. The summed E-state index contributed by atoms with van der Waals surface area (Å²) in [6.45, 7) is 0. The van der Waals surface area contributed by atoms with Gasteiger partial charge in [-0.15, -0.1) is 0 Å². The van der Waals surface area contributed by atoms with Crippen LogP contribution in [-0.2, 0) is 4.79 Å². The normalized spacial score (nSPS) is 11.8. The van der Waals surface area contributed by atoms with Gasteiger partial charge in [-0.3, -0.25) is 4.79 Å². The lowest BCUT2D eigenvalue weighted by Crippen LogP contribution is -2.19. The van der Waals surface area contributed by atoms with E-state index in [4.69, 9.17) is 23.2 Å². The van der Waals surface area contributed by atoms with Gasteiger partial charge in [0.1, 0.15) is 0 Å². The van der Waals surface area contributed by atoms with Gasteiger partial charge in [0.05, 0.1) is 5.69 Å². The summed E-state index contributed by atoms with van der Waals surface area (Å²) in [6, 6.07) is 2.46. The molecule has 0 fully saturated rings. The highest BCUT2D eigenvalue weighted by Gasteiger charge is 2.30. The second-order valence-corrected chi connectivity index (χ2v) is 7.04. The minimum absolute atomic E-state index is 0.0301. The highest BCUT2D eigenvalue weighted by molar-refractivity contribution is 9.11. The molecule has 0 saturated heterocycles. The number of benzene rings is 1. The van der Waals surface area contributed by atoms with Gasteiger partial charge in [0.15, 0.2) is 4.84 Å². The van der Waals surface area contributed by atoms with E-state index in [9.17, 15) is 18.0 Å². The Kier molecular flexibility index (Phi) is 6.31. The van der Waals surface area contributed by atoms with Gasteiger partial charge in [0.2, 0.25) is 0 Å². The summed E-state index contributed by atoms with van der Waals surface area (Å²) in [6.07, 6.45) is 0. The summed E-state index contributed by atoms with van der Waals surface area (Å²) >= 11 is 16.6. The minimum atomic E-state index is -4.39. The van der Waals surface area contributed by atoms with Gasteiger partial charge >= 0.3 is 5.51 Å². The largest absolute Gasteiger partial charge is 0.446 e. The van der Waals surface area contributed by atoms with Gasteiger partial charge in [0.25, 0.3) is 5.91 Å². The van der Waals surface area contributed by atoms with Crippen molar-refractivity contribution in [3.8, 4) is 0 Å². The van der Waals surface area contributed by atoms with Crippen molar-refractivity contribution >= 4 is 78.4 Å². The predicted molar refractivity (Wildman–Crippen MR) is 77.9 cm³/mol. The zero-order valence-electron chi connectivity index (χ0n) is 8.69. The minimum Gasteiger partial charge on any atom is -0.322 e. The van der Waals surface area contributed by atoms with Crippen molar-refractivity contribution in [3.63, 3.8) is 0 Å². The van der Waals surface area contributed by atoms with E-state index < -0.39 is 16.3 Å². The summed E-state index contributed by atoms with van der Waals surface area (Å²) in [5, 5.41) is 2.38. The average molecular weight is 462 g/mol. The molecule has 1 aromatic carbocycles. The maximum absolute atomic E-state index is 12.2. The number of rotatable bonds is 3. The van der Waals surface area contributed by atoms with Crippen LogP contribution in [0.2, 0.25) is 0 Å². The Labute approximate surface area is 137 Å². The van der Waals surface area contributed by atoms with Crippen LogP contribution in [0.1, 0.15) is 0 Å². The van der Waals surface area contributed by atoms with Gasteiger partial charge in [-0.2, -0.15) is 13.2 Å². The third-order valence-corrected chi connectivity index (χ3v) is 4.05. The molecule has 1 rings (SSSR count). The highest BCUT2D eigenvalue weighted by atomic mass is 79.9. The van der Waals surface area contributed by atoms with Gasteiger partial charge in [-0.25, -0.2) is 0 Å². The molecule has 19 heavy (non-hydrogen) atoms. The second-order valence-electron chi connectivity index (χ2n) is 3.10. The van der Waals surface area contributed by atoms with E-state index in [1.54, 1.807) is 0 Å². The van der Waals surface area contributed by atoms with Crippen LogP contribution in [0.25, 0.3) is 0 Å². The Balaban J connectivity index is 3.01. The van der Waals surface area contributed by atoms with Gasteiger partial charge in [0, 0.05) is 13.8 Å². The molecule has 0 aliphatic carbocycles. The van der Waals surface area contributed by atoms with Gasteiger partial charge in [-0.1, -0.05) is 23.2 Å². The topological polar surface area (TPSA) is 29.1 Å². The molecule has 1 amide bonds. The number of alkyl halides is 5. The van der Waals surface area contributed by atoms with Gasteiger partial charge < -0.3 is 5.32 Å². The number of carbonyl (C=O) groups excluding carboxylic acids is 1. The number of amides is 1. The van der Waals surface area contributed by atoms with Crippen molar-refractivity contribution in [2.75, 3.05) is 5.32 Å². The highest BCUT2D eigenvalue weighted by Crippen LogP contribution is 2.42. The molecular formula is C9H4Br2Cl2F3NOS. The first-order valence-corrected chi connectivity index (χ1v) is 7.71. The Bertz CT molecular complexity index is 476. The van der Waals surface area contributed by atoms with E-state index in [1.165, 1.54) is 12.1 Å². The first-order valence-electron chi connectivity index (χ1n) is 4.44. The molecular weight excluding hydrogens is 458 g/mol. The fourth-order valence-corrected chi connectivity index (χ4v) is 3.46. The second kappa shape index (κ2) is 6.89. The average Bonchev–Trinajstić information content (AvgIpc) is 2.20. The van der Waals surface area contributed by atoms with E-state index in [0.717, 1.165) is 0 Å². The molecule has 0 saturated carbocycles. The van der Waals surface area contributed by atoms with E-state index in [1.807, 2.05) is 0 Å². The molecule has 0 heterocycles. The first kappa shape index (κ1) is 17.4. The predicted octanol–water partition coefficient (Wildman–Crippen LogP) is 5.57. The van der Waals surface area contributed by atoms with Crippen molar-refractivity contribution < 1.29 is 18.0 Å². The van der Waals surface area contributed by atoms with E-state index in [2.05, 4.69) is 37.2 Å². The lowest BCUT2D eigenvalue weighted by Gasteiger charge is -2.13. The number of halogens is 7. The van der Waals surface area contributed by atoms with E-state index in [0.29, 0.717) is 0 Å². The number of nitrogens with one attached hydrogen (secondary N) is 1. The molecule has 0 spiro atoms. The Morgan fingerprint density at radius 2 is 1.74 bits per heavy atom. The number of carbonyl (C=O) groups is 1. The van der Waals surface area contributed by atoms with Crippen LogP contribution in [0.4, 0.5) is 18.9 Å². The van der Waals surface area contributed by atoms with Crippen molar-refractivity contribution in [3.05, 3.63) is 21.1 Å². The number of thioether (sulfide) groups is 1. The lowest BCUT2D eigenvalue weighted by molar-refractivity contribution is -0.114. The quantitative estimate of drug-likeness (QED) is 0.471. The first-order chi connectivity index (χ1) is 8.60. The molecule has 10 heteroatoms. The summed E-state index contributed by atoms with van der Waals surface area (Å²) < 4.78 is 37.3. The van der Waals surface area contributed by atoms with Crippen LogP contribution >= 0.6 is 66.8 Å². The third kappa shape index (κ3) is 5.71. The lowest BCUT2D eigenvalue weighted by atomic mass is 10.3. The molecule has 1 aromatic rings. The van der Waals surface area contributed by atoms with Crippen LogP contribution in [0.15, 0.2) is 26.0 Å². The van der Waals surface area contributed by atoms with Crippen LogP contribution < -0.4 is 5.32 Å². The zero-order valence-corrected chi connectivity index (χ0v) is 14.2. The molecule has 0 unspecified atom stereocenters. The van der Waals surface area contributed by atoms with Crippen LogP contribution in [0.3, 0.4) is 0 Å². The molecule has 106 valence electrons. The summed E-state index contributed by atoms with van der Waals surface area (Å²) in [4.78, 5) is 10.0. The van der Waals surface area contributed by atoms with E-state index >= 15 is 0 Å². The monoisotopic (exact) mass is 459 g/mol. The molecule has 0 atom stereocenters. The van der Waals surface area contributed by atoms with Crippen molar-refractivity contribution in [2.45, 2.75) is 15.2 Å². The Morgan fingerprint density at radius 3 is 2.11 bits per heavy atom. The summed E-state index contributed by atoms with van der Waals surface area (Å²) in [7, 11) is 0. The van der Waals surface area contributed by atoms with Crippen molar-refractivity contribution in [1.29, 1.82) is 0 Å². The third-order valence-electron chi connectivity index (χ3n) is 1.70. The maximum atomic E-state index is 12.2. The maximum Gasteiger partial charge on any atom is 0.446 e. The number of anilines is 1. The molecule has 2 nitrogen and oxygen atoms in total. The van der Waals surface area contributed by atoms with Gasteiger partial charge in [-0.05, 0) is 55.8 Å². The smallest absolute Gasteiger partial charge is 0.322 e.